The summed E-state index contributed by atoms with van der Waals surface area (Å²) < 4.78 is 0. The molecule has 1 aromatic carbocycles. The maximum atomic E-state index is 6.32. The third-order valence-electron chi connectivity index (χ3n) is 3.83. The molecule has 0 saturated carbocycles. The smallest absolute Gasteiger partial charge is 0.0637 e. The van der Waals surface area contributed by atoms with Crippen LogP contribution in [-0.2, 0) is 6.54 Å². The van der Waals surface area contributed by atoms with Crippen LogP contribution in [0, 0.1) is 0 Å². The van der Waals surface area contributed by atoms with E-state index in [0.717, 1.165) is 31.7 Å². The molecule has 2 aromatic rings. The number of benzene rings is 1. The zero-order valence-corrected chi connectivity index (χ0v) is 13.1. The Kier molecular flexibility index (Phi) is 4.76. The topological polar surface area (TPSA) is 28.2 Å². The number of nitrogens with zero attached hydrogens (tertiary/aromatic N) is 2. The number of pyridine rings is 1. The Hall–Kier alpha value is -1.13. The van der Waals surface area contributed by atoms with Crippen molar-refractivity contribution in [1.82, 2.24) is 15.2 Å². The Labute approximate surface area is 134 Å². The summed E-state index contributed by atoms with van der Waals surface area (Å²) in [5, 5.41) is 4.71. The van der Waals surface area contributed by atoms with Crippen molar-refractivity contribution in [2.45, 2.75) is 12.6 Å². The molecular weight excluding hydrogens is 305 g/mol. The van der Waals surface area contributed by atoms with Gasteiger partial charge >= 0.3 is 0 Å². The van der Waals surface area contributed by atoms with Crippen molar-refractivity contribution in [3.63, 3.8) is 0 Å². The standard InChI is InChI=1S/C16H17Cl2N3/c17-14-5-1-3-13(16(14)18)11-21-8-7-20-10-15(21)12-4-2-6-19-9-12/h1-6,9,15,20H,7-8,10-11H2. The quantitative estimate of drug-likeness (QED) is 0.937. The normalized spacial score (nSPS) is 19.6. The van der Waals surface area contributed by atoms with Gasteiger partial charge in [-0.3, -0.25) is 9.88 Å². The van der Waals surface area contributed by atoms with Crippen LogP contribution >= 0.6 is 23.2 Å². The number of halogens is 2. The van der Waals surface area contributed by atoms with E-state index in [-0.39, 0.29) is 0 Å². The maximum absolute atomic E-state index is 6.32. The Morgan fingerprint density at radius 1 is 1.24 bits per heavy atom. The first-order chi connectivity index (χ1) is 10.3. The van der Waals surface area contributed by atoms with Crippen molar-refractivity contribution in [3.05, 3.63) is 63.9 Å². The van der Waals surface area contributed by atoms with Gasteiger partial charge in [0, 0.05) is 44.6 Å². The number of nitrogens with one attached hydrogen (secondary N) is 1. The Balaban J connectivity index is 1.83. The summed E-state index contributed by atoms with van der Waals surface area (Å²) in [6, 6.07) is 10.2. The van der Waals surface area contributed by atoms with Crippen LogP contribution in [0.1, 0.15) is 17.2 Å². The first kappa shape index (κ1) is 14.8. The van der Waals surface area contributed by atoms with E-state index < -0.39 is 0 Å². The minimum absolute atomic E-state index is 0.308. The fraction of sp³-hybridized carbons (Fsp3) is 0.312. The summed E-state index contributed by atoms with van der Waals surface area (Å²) in [4.78, 5) is 6.65. The molecular formula is C16H17Cl2N3. The summed E-state index contributed by atoms with van der Waals surface area (Å²) in [6.07, 6.45) is 3.74. The number of hydrogen-bond donors (Lipinski definition) is 1. The zero-order valence-electron chi connectivity index (χ0n) is 11.6. The van der Waals surface area contributed by atoms with Crippen LogP contribution < -0.4 is 5.32 Å². The van der Waals surface area contributed by atoms with Crippen molar-refractivity contribution in [2.24, 2.45) is 0 Å². The predicted molar refractivity (Wildman–Crippen MR) is 86.7 cm³/mol. The van der Waals surface area contributed by atoms with E-state index in [9.17, 15) is 0 Å². The molecule has 1 fully saturated rings. The highest BCUT2D eigenvalue weighted by atomic mass is 35.5. The second-order valence-corrected chi connectivity index (χ2v) is 5.97. The Morgan fingerprint density at radius 2 is 2.14 bits per heavy atom. The van der Waals surface area contributed by atoms with Crippen LogP contribution in [0.4, 0.5) is 0 Å². The van der Waals surface area contributed by atoms with Gasteiger partial charge in [-0.1, -0.05) is 41.4 Å². The van der Waals surface area contributed by atoms with E-state index in [1.807, 2.05) is 30.5 Å². The van der Waals surface area contributed by atoms with Gasteiger partial charge in [0.05, 0.1) is 10.0 Å². The number of rotatable bonds is 3. The molecule has 1 N–H and O–H groups in total. The summed E-state index contributed by atoms with van der Waals surface area (Å²) in [7, 11) is 0. The number of piperazine rings is 1. The van der Waals surface area contributed by atoms with E-state index in [0.29, 0.717) is 16.1 Å². The van der Waals surface area contributed by atoms with Crippen LogP contribution in [-0.4, -0.2) is 29.5 Å². The molecule has 2 heterocycles. The van der Waals surface area contributed by atoms with E-state index in [4.69, 9.17) is 23.2 Å². The molecule has 0 amide bonds. The van der Waals surface area contributed by atoms with Crippen molar-refractivity contribution >= 4 is 23.2 Å². The molecule has 1 unspecified atom stereocenters. The van der Waals surface area contributed by atoms with Gasteiger partial charge in [-0.15, -0.1) is 0 Å². The lowest BCUT2D eigenvalue weighted by Crippen LogP contribution is -2.45. The lowest BCUT2D eigenvalue weighted by Gasteiger charge is -2.36. The molecule has 3 rings (SSSR count). The molecule has 0 radical (unpaired) electrons. The minimum Gasteiger partial charge on any atom is -0.314 e. The SMILES string of the molecule is Clc1cccc(CN2CCNCC2c2cccnc2)c1Cl. The highest BCUT2D eigenvalue weighted by Gasteiger charge is 2.24. The van der Waals surface area contributed by atoms with Crippen molar-refractivity contribution < 1.29 is 0 Å². The largest absolute Gasteiger partial charge is 0.314 e. The van der Waals surface area contributed by atoms with Gasteiger partial charge in [0.25, 0.3) is 0 Å². The zero-order chi connectivity index (χ0) is 14.7. The summed E-state index contributed by atoms with van der Waals surface area (Å²) in [6.45, 7) is 3.67. The van der Waals surface area contributed by atoms with Gasteiger partial charge in [0.2, 0.25) is 0 Å². The molecule has 3 nitrogen and oxygen atoms in total. The average molecular weight is 322 g/mol. The molecule has 5 heteroatoms. The third-order valence-corrected chi connectivity index (χ3v) is 4.69. The van der Waals surface area contributed by atoms with Gasteiger partial charge < -0.3 is 5.32 Å². The molecule has 1 atom stereocenters. The molecule has 1 aliphatic rings. The van der Waals surface area contributed by atoms with Crippen LogP contribution in [0.3, 0.4) is 0 Å². The Morgan fingerprint density at radius 3 is 2.95 bits per heavy atom. The van der Waals surface area contributed by atoms with Crippen LogP contribution in [0.25, 0.3) is 0 Å². The number of hydrogen-bond acceptors (Lipinski definition) is 3. The first-order valence-corrected chi connectivity index (χ1v) is 7.79. The molecule has 1 aromatic heterocycles. The fourth-order valence-electron chi connectivity index (χ4n) is 2.73. The molecule has 1 aliphatic heterocycles. The molecule has 0 spiro atoms. The number of aromatic nitrogens is 1. The van der Waals surface area contributed by atoms with E-state index in [1.165, 1.54) is 5.56 Å². The first-order valence-electron chi connectivity index (χ1n) is 7.03. The van der Waals surface area contributed by atoms with Gasteiger partial charge in [-0.2, -0.15) is 0 Å². The second-order valence-electron chi connectivity index (χ2n) is 5.19. The van der Waals surface area contributed by atoms with E-state index >= 15 is 0 Å². The summed E-state index contributed by atoms with van der Waals surface area (Å²) >= 11 is 12.4. The van der Waals surface area contributed by atoms with Gasteiger partial charge in [-0.05, 0) is 23.3 Å². The highest BCUT2D eigenvalue weighted by Crippen LogP contribution is 2.29. The lowest BCUT2D eigenvalue weighted by molar-refractivity contribution is 0.153. The predicted octanol–water partition coefficient (Wildman–Crippen LogP) is 3.53. The van der Waals surface area contributed by atoms with Crippen LogP contribution in [0.15, 0.2) is 42.7 Å². The Bertz CT molecular complexity index is 604. The molecule has 1 saturated heterocycles. The van der Waals surface area contributed by atoms with Gasteiger partial charge in [-0.25, -0.2) is 0 Å². The third kappa shape index (κ3) is 3.38. The molecule has 21 heavy (non-hydrogen) atoms. The highest BCUT2D eigenvalue weighted by molar-refractivity contribution is 6.42. The van der Waals surface area contributed by atoms with Crippen molar-refractivity contribution in [2.75, 3.05) is 19.6 Å². The maximum Gasteiger partial charge on any atom is 0.0637 e. The monoisotopic (exact) mass is 321 g/mol. The summed E-state index contributed by atoms with van der Waals surface area (Å²) in [5.74, 6) is 0. The van der Waals surface area contributed by atoms with Crippen molar-refractivity contribution in [3.8, 4) is 0 Å². The fourth-order valence-corrected chi connectivity index (χ4v) is 3.11. The summed E-state index contributed by atoms with van der Waals surface area (Å²) in [5.41, 5.74) is 2.29. The minimum atomic E-state index is 0.308. The van der Waals surface area contributed by atoms with Gasteiger partial charge in [0.15, 0.2) is 0 Å². The van der Waals surface area contributed by atoms with E-state index in [1.54, 1.807) is 6.20 Å². The molecule has 0 bridgehead atoms. The average Bonchev–Trinajstić information content (AvgIpc) is 2.53. The van der Waals surface area contributed by atoms with Crippen molar-refractivity contribution in [1.29, 1.82) is 0 Å². The molecule has 0 aliphatic carbocycles. The van der Waals surface area contributed by atoms with Crippen LogP contribution in [0.2, 0.25) is 10.0 Å². The second kappa shape index (κ2) is 6.75. The van der Waals surface area contributed by atoms with E-state index in [2.05, 4.69) is 21.3 Å². The van der Waals surface area contributed by atoms with Gasteiger partial charge in [0.1, 0.15) is 0 Å². The van der Waals surface area contributed by atoms with Crippen LogP contribution in [0.5, 0.6) is 0 Å². The lowest BCUT2D eigenvalue weighted by atomic mass is 10.0. The molecule has 110 valence electrons.